The van der Waals surface area contributed by atoms with Gasteiger partial charge in [0.25, 0.3) is 0 Å². The van der Waals surface area contributed by atoms with E-state index in [4.69, 9.17) is 11.6 Å². The minimum atomic E-state index is 0.498. The summed E-state index contributed by atoms with van der Waals surface area (Å²) in [4.78, 5) is 5.43. The van der Waals surface area contributed by atoms with Crippen molar-refractivity contribution >= 4 is 22.9 Å². The standard InChI is InChI=1S/C14H16ClNS/c1-11-4-2-3-5-13(11)6-12(8-15)7-14-9-16-10-17-14/h2-5,9-10,12H,6-8H2,1H3. The quantitative estimate of drug-likeness (QED) is 0.742. The van der Waals surface area contributed by atoms with E-state index in [-0.39, 0.29) is 0 Å². The first-order valence-corrected chi connectivity index (χ1v) is 7.19. The fourth-order valence-electron chi connectivity index (χ4n) is 1.96. The molecule has 2 aromatic rings. The molecular formula is C14H16ClNS. The third-order valence-electron chi connectivity index (χ3n) is 2.96. The SMILES string of the molecule is Cc1ccccc1CC(CCl)Cc1cncs1. The molecular weight excluding hydrogens is 250 g/mol. The lowest BCUT2D eigenvalue weighted by atomic mass is 9.95. The number of alkyl halides is 1. The van der Waals surface area contributed by atoms with Gasteiger partial charge >= 0.3 is 0 Å². The van der Waals surface area contributed by atoms with Crippen molar-refractivity contribution in [1.82, 2.24) is 4.98 Å². The van der Waals surface area contributed by atoms with Gasteiger partial charge in [0.15, 0.2) is 0 Å². The van der Waals surface area contributed by atoms with E-state index in [0.717, 1.165) is 12.8 Å². The first-order valence-electron chi connectivity index (χ1n) is 5.77. The molecule has 1 aromatic carbocycles. The van der Waals surface area contributed by atoms with Crippen LogP contribution in [-0.2, 0) is 12.8 Å². The Bertz CT molecular complexity index is 453. The maximum absolute atomic E-state index is 6.07. The number of hydrogen-bond donors (Lipinski definition) is 0. The molecule has 17 heavy (non-hydrogen) atoms. The van der Waals surface area contributed by atoms with Crippen LogP contribution in [0, 0.1) is 12.8 Å². The highest BCUT2D eigenvalue weighted by Crippen LogP contribution is 2.20. The van der Waals surface area contributed by atoms with Gasteiger partial charge in [0.1, 0.15) is 0 Å². The van der Waals surface area contributed by atoms with Crippen LogP contribution in [-0.4, -0.2) is 10.9 Å². The molecule has 1 aromatic heterocycles. The molecule has 0 saturated carbocycles. The fourth-order valence-corrected chi connectivity index (χ4v) is 2.89. The van der Waals surface area contributed by atoms with E-state index in [9.17, 15) is 0 Å². The summed E-state index contributed by atoms with van der Waals surface area (Å²) in [6.07, 6.45) is 4.03. The number of aromatic nitrogens is 1. The summed E-state index contributed by atoms with van der Waals surface area (Å²) < 4.78 is 0. The minimum Gasteiger partial charge on any atom is -0.253 e. The molecule has 0 amide bonds. The van der Waals surface area contributed by atoms with E-state index in [1.165, 1.54) is 16.0 Å². The number of aryl methyl sites for hydroxylation is 1. The minimum absolute atomic E-state index is 0.498. The van der Waals surface area contributed by atoms with Gasteiger partial charge in [-0.25, -0.2) is 0 Å². The molecule has 0 aliphatic heterocycles. The van der Waals surface area contributed by atoms with Gasteiger partial charge in [-0.2, -0.15) is 0 Å². The molecule has 0 radical (unpaired) electrons. The van der Waals surface area contributed by atoms with Gasteiger partial charge in [-0.05, 0) is 36.8 Å². The molecule has 1 unspecified atom stereocenters. The van der Waals surface area contributed by atoms with Crippen molar-refractivity contribution < 1.29 is 0 Å². The average molecular weight is 266 g/mol. The molecule has 0 aliphatic carbocycles. The Kier molecular flexibility index (Phi) is 4.57. The second-order valence-electron chi connectivity index (χ2n) is 4.32. The van der Waals surface area contributed by atoms with Crippen molar-refractivity contribution in [3.8, 4) is 0 Å². The summed E-state index contributed by atoms with van der Waals surface area (Å²) in [7, 11) is 0. The number of benzene rings is 1. The number of halogens is 1. The van der Waals surface area contributed by atoms with Crippen LogP contribution in [0.15, 0.2) is 36.0 Å². The molecule has 1 nitrogen and oxygen atoms in total. The molecule has 1 atom stereocenters. The van der Waals surface area contributed by atoms with Gasteiger partial charge in [-0.1, -0.05) is 24.3 Å². The zero-order chi connectivity index (χ0) is 12.1. The second kappa shape index (κ2) is 6.18. The van der Waals surface area contributed by atoms with Crippen molar-refractivity contribution in [3.63, 3.8) is 0 Å². The van der Waals surface area contributed by atoms with Crippen molar-refractivity contribution in [2.24, 2.45) is 5.92 Å². The van der Waals surface area contributed by atoms with Crippen molar-refractivity contribution in [3.05, 3.63) is 52.0 Å². The largest absolute Gasteiger partial charge is 0.253 e. The number of nitrogens with zero attached hydrogens (tertiary/aromatic N) is 1. The maximum atomic E-state index is 6.07. The fraction of sp³-hybridized carbons (Fsp3) is 0.357. The zero-order valence-corrected chi connectivity index (χ0v) is 11.5. The van der Waals surface area contributed by atoms with Crippen molar-refractivity contribution in [1.29, 1.82) is 0 Å². The van der Waals surface area contributed by atoms with Crippen LogP contribution < -0.4 is 0 Å². The van der Waals surface area contributed by atoms with Crippen LogP contribution in [0.5, 0.6) is 0 Å². The van der Waals surface area contributed by atoms with Crippen molar-refractivity contribution in [2.75, 3.05) is 5.88 Å². The topological polar surface area (TPSA) is 12.9 Å². The normalized spacial score (nSPS) is 12.6. The average Bonchev–Trinajstić information content (AvgIpc) is 2.84. The Labute approximate surface area is 111 Å². The second-order valence-corrected chi connectivity index (χ2v) is 5.60. The first-order chi connectivity index (χ1) is 8.29. The van der Waals surface area contributed by atoms with Gasteiger partial charge in [0, 0.05) is 17.0 Å². The summed E-state index contributed by atoms with van der Waals surface area (Å²) in [6, 6.07) is 8.53. The van der Waals surface area contributed by atoms with Crippen LogP contribution in [0.2, 0.25) is 0 Å². The molecule has 0 fully saturated rings. The lowest BCUT2D eigenvalue weighted by molar-refractivity contribution is 0.587. The Morgan fingerprint density at radius 3 is 2.76 bits per heavy atom. The van der Waals surface area contributed by atoms with Gasteiger partial charge < -0.3 is 0 Å². The van der Waals surface area contributed by atoms with Gasteiger partial charge in [0.05, 0.1) is 5.51 Å². The monoisotopic (exact) mass is 265 g/mol. The number of rotatable bonds is 5. The Hall–Kier alpha value is -0.860. The van der Waals surface area contributed by atoms with Crippen LogP contribution >= 0.6 is 22.9 Å². The van der Waals surface area contributed by atoms with E-state index in [1.807, 2.05) is 11.7 Å². The molecule has 1 heterocycles. The van der Waals surface area contributed by atoms with Gasteiger partial charge in [0.2, 0.25) is 0 Å². The van der Waals surface area contributed by atoms with E-state index in [1.54, 1.807) is 11.3 Å². The number of hydrogen-bond acceptors (Lipinski definition) is 2. The molecule has 0 saturated heterocycles. The predicted octanol–water partition coefficient (Wildman–Crippen LogP) is 4.09. The Morgan fingerprint density at radius 1 is 1.29 bits per heavy atom. The Morgan fingerprint density at radius 2 is 2.12 bits per heavy atom. The van der Waals surface area contributed by atoms with Crippen LogP contribution in [0.4, 0.5) is 0 Å². The highest BCUT2D eigenvalue weighted by molar-refractivity contribution is 7.09. The lowest BCUT2D eigenvalue weighted by Crippen LogP contribution is -2.10. The summed E-state index contributed by atoms with van der Waals surface area (Å²) in [5, 5.41) is 0. The zero-order valence-electron chi connectivity index (χ0n) is 9.90. The third-order valence-corrected chi connectivity index (χ3v) is 4.20. The number of thiazole rings is 1. The molecule has 2 rings (SSSR count). The molecule has 90 valence electrons. The maximum Gasteiger partial charge on any atom is 0.0794 e. The molecule has 0 N–H and O–H groups in total. The summed E-state index contributed by atoms with van der Waals surface area (Å²) in [5.41, 5.74) is 4.64. The smallest absolute Gasteiger partial charge is 0.0794 e. The van der Waals surface area contributed by atoms with Crippen LogP contribution in [0.3, 0.4) is 0 Å². The van der Waals surface area contributed by atoms with Crippen molar-refractivity contribution in [2.45, 2.75) is 19.8 Å². The molecule has 0 spiro atoms. The van der Waals surface area contributed by atoms with Crippen LogP contribution in [0.1, 0.15) is 16.0 Å². The van der Waals surface area contributed by atoms with Gasteiger partial charge in [-0.15, -0.1) is 22.9 Å². The molecule has 0 aliphatic rings. The highest BCUT2D eigenvalue weighted by atomic mass is 35.5. The van der Waals surface area contributed by atoms with E-state index in [0.29, 0.717) is 11.8 Å². The highest BCUT2D eigenvalue weighted by Gasteiger charge is 2.11. The van der Waals surface area contributed by atoms with Crippen LogP contribution in [0.25, 0.3) is 0 Å². The summed E-state index contributed by atoms with van der Waals surface area (Å²) in [6.45, 7) is 2.16. The summed E-state index contributed by atoms with van der Waals surface area (Å²) in [5.74, 6) is 1.20. The van der Waals surface area contributed by atoms with E-state index in [2.05, 4.69) is 36.2 Å². The van der Waals surface area contributed by atoms with E-state index >= 15 is 0 Å². The third kappa shape index (κ3) is 3.55. The predicted molar refractivity (Wildman–Crippen MR) is 74.9 cm³/mol. The molecule has 3 heteroatoms. The van der Waals surface area contributed by atoms with E-state index < -0.39 is 0 Å². The molecule has 0 bridgehead atoms. The Balaban J connectivity index is 2.03. The van der Waals surface area contributed by atoms with Gasteiger partial charge in [-0.3, -0.25) is 4.98 Å². The lowest BCUT2D eigenvalue weighted by Gasteiger charge is -2.14. The first kappa shape index (κ1) is 12.6. The summed E-state index contributed by atoms with van der Waals surface area (Å²) >= 11 is 7.78.